The molecule has 0 radical (unpaired) electrons. The molecule has 0 saturated carbocycles. The summed E-state index contributed by atoms with van der Waals surface area (Å²) in [6.07, 6.45) is -0.184. The largest absolute Gasteiger partial charge is 0.447 e. The highest BCUT2D eigenvalue weighted by atomic mass is 16.6. The van der Waals surface area contributed by atoms with E-state index in [-0.39, 0.29) is 18.0 Å². The summed E-state index contributed by atoms with van der Waals surface area (Å²) in [4.78, 5) is 13.3. The van der Waals surface area contributed by atoms with E-state index in [0.29, 0.717) is 25.4 Å². The van der Waals surface area contributed by atoms with Gasteiger partial charge in [0.2, 0.25) is 0 Å². The van der Waals surface area contributed by atoms with E-state index in [9.17, 15) is 4.79 Å². The maximum atomic E-state index is 11.8. The zero-order chi connectivity index (χ0) is 13.4. The summed E-state index contributed by atoms with van der Waals surface area (Å²) < 4.78 is 5.12. The van der Waals surface area contributed by atoms with E-state index in [1.165, 1.54) is 0 Å². The van der Waals surface area contributed by atoms with Crippen LogP contribution in [-0.4, -0.2) is 41.2 Å². The fraction of sp³-hybridized carbons (Fsp3) is 0.818. The molecule has 0 aliphatic carbocycles. The molecule has 100 valence electrons. The van der Waals surface area contributed by atoms with Crippen LogP contribution >= 0.6 is 0 Å². The first-order valence-corrected chi connectivity index (χ1v) is 5.78. The molecule has 0 fully saturated rings. The van der Waals surface area contributed by atoms with Gasteiger partial charge in [-0.3, -0.25) is 0 Å². The first kappa shape index (κ1) is 15.5. The summed E-state index contributed by atoms with van der Waals surface area (Å²) in [5.74, 6) is 0.443. The standard InChI is InChI=1S/C11H23N3O3/c1-8(2)7-14(6-5-10(12)13-16)11(15)17-9(3)4/h8-9,16H,5-7H2,1-4H3,(H2,12,13). The molecule has 1 amide bonds. The third kappa shape index (κ3) is 7.43. The molecule has 0 aliphatic heterocycles. The monoisotopic (exact) mass is 245 g/mol. The van der Waals surface area contributed by atoms with Crippen LogP contribution in [0.15, 0.2) is 5.16 Å². The number of nitrogens with zero attached hydrogens (tertiary/aromatic N) is 2. The number of amides is 1. The zero-order valence-electron chi connectivity index (χ0n) is 11.0. The second-order valence-electron chi connectivity index (χ2n) is 4.61. The van der Waals surface area contributed by atoms with Crippen molar-refractivity contribution in [2.75, 3.05) is 13.1 Å². The number of rotatable bonds is 6. The fourth-order valence-electron chi connectivity index (χ4n) is 1.27. The molecule has 0 aromatic heterocycles. The van der Waals surface area contributed by atoms with Gasteiger partial charge in [0, 0.05) is 19.5 Å². The lowest BCUT2D eigenvalue weighted by Gasteiger charge is -2.24. The zero-order valence-corrected chi connectivity index (χ0v) is 11.0. The Morgan fingerprint density at radius 2 is 2.00 bits per heavy atom. The van der Waals surface area contributed by atoms with Gasteiger partial charge in [-0.2, -0.15) is 0 Å². The van der Waals surface area contributed by atoms with E-state index >= 15 is 0 Å². The van der Waals surface area contributed by atoms with Crippen molar-refractivity contribution in [3.63, 3.8) is 0 Å². The SMILES string of the molecule is CC(C)CN(CCC(N)=NO)C(=O)OC(C)C. The number of carbonyl (C=O) groups excluding carboxylic acids is 1. The van der Waals surface area contributed by atoms with Crippen molar-refractivity contribution < 1.29 is 14.7 Å². The lowest BCUT2D eigenvalue weighted by molar-refractivity contribution is 0.0740. The van der Waals surface area contributed by atoms with Crippen molar-refractivity contribution in [3.05, 3.63) is 0 Å². The second-order valence-corrected chi connectivity index (χ2v) is 4.61. The number of hydrogen-bond acceptors (Lipinski definition) is 4. The van der Waals surface area contributed by atoms with Crippen molar-refractivity contribution in [1.82, 2.24) is 4.90 Å². The first-order valence-electron chi connectivity index (χ1n) is 5.78. The van der Waals surface area contributed by atoms with Crippen molar-refractivity contribution in [2.24, 2.45) is 16.8 Å². The van der Waals surface area contributed by atoms with Crippen LogP contribution in [0.5, 0.6) is 0 Å². The third-order valence-corrected chi connectivity index (χ3v) is 1.95. The van der Waals surface area contributed by atoms with Gasteiger partial charge >= 0.3 is 6.09 Å². The van der Waals surface area contributed by atoms with Crippen molar-refractivity contribution in [2.45, 2.75) is 40.2 Å². The Hall–Kier alpha value is -1.46. The summed E-state index contributed by atoms with van der Waals surface area (Å²) in [6, 6.07) is 0. The highest BCUT2D eigenvalue weighted by Crippen LogP contribution is 2.04. The van der Waals surface area contributed by atoms with E-state index in [2.05, 4.69) is 5.16 Å². The lowest BCUT2D eigenvalue weighted by Crippen LogP contribution is -2.38. The van der Waals surface area contributed by atoms with Crippen LogP contribution in [-0.2, 0) is 4.74 Å². The number of carbonyl (C=O) groups is 1. The predicted molar refractivity (Wildman–Crippen MR) is 66.1 cm³/mol. The molecule has 0 aliphatic rings. The van der Waals surface area contributed by atoms with Crippen LogP contribution in [0.2, 0.25) is 0 Å². The van der Waals surface area contributed by atoms with Gasteiger partial charge in [0.15, 0.2) is 0 Å². The molecule has 0 saturated heterocycles. The number of amidine groups is 1. The minimum absolute atomic E-state index is 0.108. The molecule has 0 unspecified atom stereocenters. The molecule has 0 atom stereocenters. The Bertz CT molecular complexity index is 265. The second kappa shape index (κ2) is 7.76. The maximum Gasteiger partial charge on any atom is 0.410 e. The van der Waals surface area contributed by atoms with Crippen molar-refractivity contribution >= 4 is 11.9 Å². The molecule has 0 spiro atoms. The molecule has 0 aromatic carbocycles. The Labute approximate surface area is 102 Å². The number of nitrogens with two attached hydrogens (primary N) is 1. The Morgan fingerprint density at radius 3 is 2.41 bits per heavy atom. The molecule has 3 N–H and O–H groups in total. The van der Waals surface area contributed by atoms with Gasteiger partial charge < -0.3 is 20.6 Å². The van der Waals surface area contributed by atoms with E-state index in [0.717, 1.165) is 0 Å². The molecule has 0 rings (SSSR count). The summed E-state index contributed by atoms with van der Waals surface area (Å²) in [5, 5.41) is 11.3. The average Bonchev–Trinajstić information content (AvgIpc) is 2.21. The van der Waals surface area contributed by atoms with Gasteiger partial charge in [-0.1, -0.05) is 19.0 Å². The van der Waals surface area contributed by atoms with E-state index in [1.54, 1.807) is 18.7 Å². The van der Waals surface area contributed by atoms with E-state index in [4.69, 9.17) is 15.7 Å². The normalized spacial score (nSPS) is 12.0. The maximum absolute atomic E-state index is 11.8. The molecular weight excluding hydrogens is 222 g/mol. The first-order chi connectivity index (χ1) is 7.86. The molecule has 17 heavy (non-hydrogen) atoms. The molecule has 0 heterocycles. The van der Waals surface area contributed by atoms with Crippen molar-refractivity contribution in [3.8, 4) is 0 Å². The Morgan fingerprint density at radius 1 is 1.41 bits per heavy atom. The summed E-state index contributed by atoms with van der Waals surface area (Å²) >= 11 is 0. The van der Waals surface area contributed by atoms with Crippen LogP contribution in [0.25, 0.3) is 0 Å². The average molecular weight is 245 g/mol. The highest BCUT2D eigenvalue weighted by Gasteiger charge is 2.17. The van der Waals surface area contributed by atoms with E-state index < -0.39 is 0 Å². The summed E-state index contributed by atoms with van der Waals surface area (Å²) in [6.45, 7) is 8.60. The third-order valence-electron chi connectivity index (χ3n) is 1.95. The van der Waals surface area contributed by atoms with Gasteiger partial charge in [-0.05, 0) is 19.8 Å². The highest BCUT2D eigenvalue weighted by molar-refractivity contribution is 5.80. The minimum atomic E-state index is -0.362. The fourth-order valence-corrected chi connectivity index (χ4v) is 1.27. The number of ether oxygens (including phenoxy) is 1. The molecule has 0 bridgehead atoms. The van der Waals surface area contributed by atoms with Gasteiger partial charge in [-0.15, -0.1) is 0 Å². The predicted octanol–water partition coefficient (Wildman–Crippen LogP) is 1.63. The van der Waals surface area contributed by atoms with Gasteiger partial charge in [0.1, 0.15) is 5.84 Å². The topological polar surface area (TPSA) is 88.1 Å². The van der Waals surface area contributed by atoms with E-state index in [1.807, 2.05) is 13.8 Å². The van der Waals surface area contributed by atoms with Crippen LogP contribution in [0.3, 0.4) is 0 Å². The van der Waals surface area contributed by atoms with Crippen LogP contribution in [0, 0.1) is 5.92 Å². The summed E-state index contributed by atoms with van der Waals surface area (Å²) in [7, 11) is 0. The lowest BCUT2D eigenvalue weighted by atomic mass is 10.2. The number of hydrogen-bond donors (Lipinski definition) is 2. The van der Waals surface area contributed by atoms with Gasteiger partial charge in [-0.25, -0.2) is 4.79 Å². The van der Waals surface area contributed by atoms with Crippen LogP contribution < -0.4 is 5.73 Å². The van der Waals surface area contributed by atoms with Crippen LogP contribution in [0.4, 0.5) is 4.79 Å². The summed E-state index contributed by atoms with van der Waals surface area (Å²) in [5.41, 5.74) is 5.37. The Balaban J connectivity index is 4.37. The smallest absolute Gasteiger partial charge is 0.410 e. The van der Waals surface area contributed by atoms with Gasteiger partial charge in [0.25, 0.3) is 0 Å². The number of oxime groups is 1. The van der Waals surface area contributed by atoms with Crippen LogP contribution in [0.1, 0.15) is 34.1 Å². The quantitative estimate of drug-likeness (QED) is 0.322. The molecular formula is C11H23N3O3. The minimum Gasteiger partial charge on any atom is -0.447 e. The molecule has 6 heteroatoms. The molecule has 6 nitrogen and oxygen atoms in total. The molecule has 0 aromatic rings. The van der Waals surface area contributed by atoms with Gasteiger partial charge in [0.05, 0.1) is 6.10 Å². The van der Waals surface area contributed by atoms with Crippen molar-refractivity contribution in [1.29, 1.82) is 0 Å². The Kier molecular flexibility index (Phi) is 7.09.